The Kier molecular flexibility index (Phi) is 2.77. The van der Waals surface area contributed by atoms with Crippen LogP contribution in [0.4, 0.5) is 0 Å². The number of fused-ring (bicyclic) bond motifs is 4. The van der Waals surface area contributed by atoms with E-state index >= 15 is 0 Å². The molecule has 1 unspecified atom stereocenters. The van der Waals surface area contributed by atoms with E-state index in [-0.39, 0.29) is 0 Å². The minimum absolute atomic E-state index is 0.768. The smallest absolute Gasteiger partial charge is 0.120 e. The molecule has 1 aromatic heterocycles. The Morgan fingerprint density at radius 1 is 1.25 bits per heavy atom. The molecule has 0 aliphatic carbocycles. The van der Waals surface area contributed by atoms with Gasteiger partial charge in [-0.25, -0.2) is 0 Å². The summed E-state index contributed by atoms with van der Waals surface area (Å²) in [7, 11) is 3.95. The number of benzene rings is 1. The molecule has 0 saturated carbocycles. The molecule has 2 aliphatic heterocycles. The van der Waals surface area contributed by atoms with Crippen molar-refractivity contribution in [1.29, 1.82) is 0 Å². The van der Waals surface area contributed by atoms with Crippen LogP contribution < -0.4 is 4.74 Å². The molecule has 1 fully saturated rings. The highest BCUT2D eigenvalue weighted by atomic mass is 16.5. The summed E-state index contributed by atoms with van der Waals surface area (Å²) in [6.07, 6.45) is 5.14. The molecule has 3 nitrogen and oxygen atoms in total. The minimum Gasteiger partial charge on any atom is -0.497 e. The van der Waals surface area contributed by atoms with E-state index < -0.39 is 0 Å². The first kappa shape index (κ1) is 12.3. The number of hydrogen-bond donors (Lipinski definition) is 0. The molecule has 1 saturated heterocycles. The van der Waals surface area contributed by atoms with Gasteiger partial charge in [-0.1, -0.05) is 0 Å². The van der Waals surface area contributed by atoms with Crippen LogP contribution in [0.3, 0.4) is 0 Å². The fraction of sp³-hybridized carbons (Fsp3) is 0.529. The van der Waals surface area contributed by atoms with Crippen LogP contribution >= 0.6 is 0 Å². The van der Waals surface area contributed by atoms with Gasteiger partial charge in [-0.15, -0.1) is 0 Å². The number of nitrogens with zero attached hydrogens (tertiary/aromatic N) is 2. The number of rotatable bonds is 1. The quantitative estimate of drug-likeness (QED) is 0.793. The fourth-order valence-electron chi connectivity index (χ4n) is 4.13. The zero-order valence-electron chi connectivity index (χ0n) is 12.4. The van der Waals surface area contributed by atoms with Gasteiger partial charge in [0.15, 0.2) is 0 Å². The van der Waals surface area contributed by atoms with Crippen LogP contribution in [0.5, 0.6) is 5.75 Å². The van der Waals surface area contributed by atoms with Crippen molar-refractivity contribution < 1.29 is 4.74 Å². The molecule has 4 rings (SSSR count). The summed E-state index contributed by atoms with van der Waals surface area (Å²) in [6, 6.07) is 7.29. The lowest BCUT2D eigenvalue weighted by Gasteiger charge is -2.21. The predicted molar refractivity (Wildman–Crippen MR) is 81.5 cm³/mol. The number of hydrogen-bond acceptors (Lipinski definition) is 2. The van der Waals surface area contributed by atoms with Crippen molar-refractivity contribution >= 4 is 10.9 Å². The Morgan fingerprint density at radius 2 is 2.15 bits per heavy atom. The van der Waals surface area contributed by atoms with Crippen LogP contribution in [0.25, 0.3) is 10.9 Å². The Balaban J connectivity index is 1.87. The number of aryl methyl sites for hydroxylation is 1. The molecule has 0 amide bonds. The second kappa shape index (κ2) is 4.52. The zero-order valence-corrected chi connectivity index (χ0v) is 12.4. The summed E-state index contributed by atoms with van der Waals surface area (Å²) in [6.45, 7) is 2.52. The second-order valence-electron chi connectivity index (χ2n) is 6.15. The lowest BCUT2D eigenvalue weighted by Crippen LogP contribution is -2.30. The molecule has 0 N–H and O–H groups in total. The van der Waals surface area contributed by atoms with Gasteiger partial charge in [0.25, 0.3) is 0 Å². The number of aromatic nitrogens is 1. The Bertz CT molecular complexity index is 659. The predicted octanol–water partition coefficient (Wildman–Crippen LogP) is 2.75. The molecule has 20 heavy (non-hydrogen) atoms. The van der Waals surface area contributed by atoms with Gasteiger partial charge in [0.1, 0.15) is 5.75 Å². The molecule has 106 valence electrons. The van der Waals surface area contributed by atoms with Crippen molar-refractivity contribution in [3.05, 3.63) is 29.5 Å². The maximum absolute atomic E-state index is 5.38. The standard InChI is InChI=1S/C17H22N2O/c1-18-16-7-9-19-8-3-4-12(19)10-15(16)14-6-5-13(20-2)11-17(14)18/h5-6,11-12H,3-4,7-10H2,1-2H3. The van der Waals surface area contributed by atoms with Crippen LogP contribution in [0.1, 0.15) is 24.1 Å². The van der Waals surface area contributed by atoms with Crippen molar-refractivity contribution in [3.63, 3.8) is 0 Å². The average Bonchev–Trinajstić information content (AvgIpc) is 2.96. The lowest BCUT2D eigenvalue weighted by atomic mass is 10.0. The summed E-state index contributed by atoms with van der Waals surface area (Å²) in [4.78, 5) is 2.69. The van der Waals surface area contributed by atoms with Crippen molar-refractivity contribution in [1.82, 2.24) is 9.47 Å². The van der Waals surface area contributed by atoms with Crippen LogP contribution in [-0.2, 0) is 19.9 Å². The third-order valence-corrected chi connectivity index (χ3v) is 5.22. The maximum Gasteiger partial charge on any atom is 0.120 e. The van der Waals surface area contributed by atoms with Crippen LogP contribution in [0.2, 0.25) is 0 Å². The minimum atomic E-state index is 0.768. The van der Waals surface area contributed by atoms with Crippen molar-refractivity contribution in [2.45, 2.75) is 31.7 Å². The van der Waals surface area contributed by atoms with E-state index in [1.165, 1.54) is 55.4 Å². The lowest BCUT2D eigenvalue weighted by molar-refractivity contribution is 0.263. The highest BCUT2D eigenvalue weighted by Crippen LogP contribution is 2.34. The monoisotopic (exact) mass is 270 g/mol. The molecule has 1 atom stereocenters. The van der Waals surface area contributed by atoms with Crippen molar-refractivity contribution in [2.24, 2.45) is 7.05 Å². The Hall–Kier alpha value is -1.48. The summed E-state index contributed by atoms with van der Waals surface area (Å²) in [5.41, 5.74) is 4.43. The van der Waals surface area contributed by atoms with Gasteiger partial charge >= 0.3 is 0 Å². The van der Waals surface area contributed by atoms with E-state index in [0.29, 0.717) is 0 Å². The molecule has 3 heterocycles. The Morgan fingerprint density at radius 3 is 3.00 bits per heavy atom. The third-order valence-electron chi connectivity index (χ3n) is 5.22. The van der Waals surface area contributed by atoms with Gasteiger partial charge in [-0.3, -0.25) is 4.90 Å². The van der Waals surface area contributed by atoms with Gasteiger partial charge < -0.3 is 9.30 Å². The van der Waals surface area contributed by atoms with Crippen molar-refractivity contribution in [3.8, 4) is 5.75 Å². The Labute approximate surface area is 120 Å². The number of methoxy groups -OCH3 is 1. The molecule has 2 aliphatic rings. The molecule has 0 radical (unpaired) electrons. The van der Waals surface area contributed by atoms with E-state index in [1.807, 2.05) is 0 Å². The third kappa shape index (κ3) is 1.69. The average molecular weight is 270 g/mol. The molecule has 1 aromatic carbocycles. The SMILES string of the molecule is COc1ccc2c3c(n(C)c2c1)CCN1CCCC1C3. The van der Waals surface area contributed by atoms with E-state index in [4.69, 9.17) is 4.74 Å². The molecule has 0 bridgehead atoms. The van der Waals surface area contributed by atoms with E-state index in [9.17, 15) is 0 Å². The van der Waals surface area contributed by atoms with E-state index in [1.54, 1.807) is 12.7 Å². The summed E-state index contributed by atoms with van der Waals surface area (Å²) in [5.74, 6) is 0.954. The first-order chi connectivity index (χ1) is 9.78. The fourth-order valence-corrected chi connectivity index (χ4v) is 4.13. The van der Waals surface area contributed by atoms with E-state index in [0.717, 1.165) is 11.8 Å². The van der Waals surface area contributed by atoms with Crippen molar-refractivity contribution in [2.75, 3.05) is 20.2 Å². The van der Waals surface area contributed by atoms with Gasteiger partial charge in [-0.05, 0) is 43.5 Å². The normalized spacial score (nSPS) is 22.6. The first-order valence-corrected chi connectivity index (χ1v) is 7.66. The van der Waals surface area contributed by atoms with Gasteiger partial charge in [0.05, 0.1) is 12.6 Å². The largest absolute Gasteiger partial charge is 0.497 e. The van der Waals surface area contributed by atoms with Gasteiger partial charge in [-0.2, -0.15) is 0 Å². The zero-order chi connectivity index (χ0) is 13.7. The van der Waals surface area contributed by atoms with E-state index in [2.05, 4.69) is 34.7 Å². The second-order valence-corrected chi connectivity index (χ2v) is 6.15. The number of ether oxygens (including phenoxy) is 1. The topological polar surface area (TPSA) is 17.4 Å². The van der Waals surface area contributed by atoms with Crippen LogP contribution in [-0.4, -0.2) is 35.7 Å². The van der Waals surface area contributed by atoms with Gasteiger partial charge in [0.2, 0.25) is 0 Å². The molecule has 3 heteroatoms. The summed E-state index contributed by atoms with van der Waals surface area (Å²) >= 11 is 0. The maximum atomic E-state index is 5.38. The molecular formula is C17H22N2O. The highest BCUT2D eigenvalue weighted by Gasteiger charge is 2.30. The summed E-state index contributed by atoms with van der Waals surface area (Å²) < 4.78 is 7.77. The highest BCUT2D eigenvalue weighted by molar-refractivity contribution is 5.87. The van der Waals surface area contributed by atoms with Crippen LogP contribution in [0.15, 0.2) is 18.2 Å². The molecule has 0 spiro atoms. The van der Waals surface area contributed by atoms with Gasteiger partial charge in [0, 0.05) is 43.2 Å². The van der Waals surface area contributed by atoms with Crippen LogP contribution in [0, 0.1) is 0 Å². The summed E-state index contributed by atoms with van der Waals surface area (Å²) in [5, 5.41) is 1.43. The molecular weight excluding hydrogens is 248 g/mol. The first-order valence-electron chi connectivity index (χ1n) is 7.66. The molecule has 2 aromatic rings.